The minimum atomic E-state index is -0.0794. The van der Waals surface area contributed by atoms with E-state index in [1.165, 1.54) is 0 Å². The highest BCUT2D eigenvalue weighted by atomic mass is 32.1. The van der Waals surface area contributed by atoms with Crippen molar-refractivity contribution < 1.29 is 19.1 Å². The lowest BCUT2D eigenvalue weighted by atomic mass is 10.1. The van der Waals surface area contributed by atoms with Gasteiger partial charge in [0.1, 0.15) is 6.54 Å². The topological polar surface area (TPSA) is 59.1 Å². The van der Waals surface area contributed by atoms with Crippen LogP contribution in [0.15, 0.2) is 53.2 Å². The first kappa shape index (κ1) is 22.4. The van der Waals surface area contributed by atoms with E-state index in [0.717, 1.165) is 21.1 Å². The van der Waals surface area contributed by atoms with Gasteiger partial charge in [0.2, 0.25) is 18.6 Å². The van der Waals surface area contributed by atoms with Crippen LogP contribution in [0.5, 0.6) is 11.5 Å². The summed E-state index contributed by atoms with van der Waals surface area (Å²) in [6.45, 7) is 5.08. The Morgan fingerprint density at radius 3 is 2.34 bits per heavy atom. The SMILES string of the molecule is CC(C)N(CC(=O)N(Cc1ccc2c(c1)OCO2)Cc1cccs1)C(=O)Cc1cccs1. The number of rotatable bonds is 9. The highest BCUT2D eigenvalue weighted by molar-refractivity contribution is 7.10. The van der Waals surface area contributed by atoms with Crippen LogP contribution in [0, 0.1) is 0 Å². The average Bonchev–Trinajstić information content (AvgIpc) is 3.53. The van der Waals surface area contributed by atoms with Crippen LogP contribution in [0.2, 0.25) is 0 Å². The summed E-state index contributed by atoms with van der Waals surface area (Å²) in [6.07, 6.45) is 0.316. The molecule has 3 heterocycles. The second-order valence-electron chi connectivity index (χ2n) is 7.89. The predicted molar refractivity (Wildman–Crippen MR) is 126 cm³/mol. The number of hydrogen-bond acceptors (Lipinski definition) is 6. The number of hydrogen-bond donors (Lipinski definition) is 0. The Kier molecular flexibility index (Phi) is 7.12. The minimum absolute atomic E-state index is 0.0325. The molecule has 1 aromatic carbocycles. The lowest BCUT2D eigenvalue weighted by Crippen LogP contribution is -2.46. The van der Waals surface area contributed by atoms with Crippen LogP contribution >= 0.6 is 22.7 Å². The van der Waals surface area contributed by atoms with E-state index < -0.39 is 0 Å². The number of carbonyl (C=O) groups excluding carboxylic acids is 2. The molecule has 6 nitrogen and oxygen atoms in total. The Hall–Kier alpha value is -2.84. The monoisotopic (exact) mass is 470 g/mol. The molecule has 0 aliphatic carbocycles. The smallest absolute Gasteiger partial charge is 0.242 e. The summed E-state index contributed by atoms with van der Waals surface area (Å²) in [5, 5.41) is 3.96. The van der Waals surface area contributed by atoms with Gasteiger partial charge >= 0.3 is 0 Å². The van der Waals surface area contributed by atoms with Crippen LogP contribution in [0.3, 0.4) is 0 Å². The maximum atomic E-state index is 13.4. The van der Waals surface area contributed by atoms with E-state index in [4.69, 9.17) is 9.47 Å². The molecule has 4 rings (SSSR count). The third kappa shape index (κ3) is 5.49. The molecule has 0 spiro atoms. The first-order valence-corrected chi connectivity index (χ1v) is 12.3. The fraction of sp³-hybridized carbons (Fsp3) is 0.333. The Balaban J connectivity index is 1.49. The molecule has 0 saturated heterocycles. The van der Waals surface area contributed by atoms with E-state index in [9.17, 15) is 9.59 Å². The first-order chi connectivity index (χ1) is 15.5. The molecule has 1 aliphatic heterocycles. The lowest BCUT2D eigenvalue weighted by molar-refractivity contribution is -0.142. The van der Waals surface area contributed by atoms with E-state index in [1.54, 1.807) is 32.5 Å². The summed E-state index contributed by atoms with van der Waals surface area (Å²) in [5.74, 6) is 1.30. The molecule has 2 aromatic heterocycles. The molecule has 0 fully saturated rings. The Morgan fingerprint density at radius 2 is 1.66 bits per heavy atom. The van der Waals surface area contributed by atoms with Gasteiger partial charge in [-0.05, 0) is 54.4 Å². The van der Waals surface area contributed by atoms with E-state index in [0.29, 0.717) is 25.3 Å². The van der Waals surface area contributed by atoms with Gasteiger partial charge in [0.05, 0.1) is 13.0 Å². The molecule has 0 N–H and O–H groups in total. The van der Waals surface area contributed by atoms with Crippen LogP contribution in [0.25, 0.3) is 0 Å². The van der Waals surface area contributed by atoms with Gasteiger partial charge in [-0.3, -0.25) is 9.59 Å². The van der Waals surface area contributed by atoms with Crippen molar-refractivity contribution in [1.82, 2.24) is 9.80 Å². The van der Waals surface area contributed by atoms with E-state index in [1.807, 2.05) is 67.1 Å². The minimum Gasteiger partial charge on any atom is -0.454 e. The summed E-state index contributed by atoms with van der Waals surface area (Å²) < 4.78 is 10.9. The molecule has 8 heteroatoms. The van der Waals surface area contributed by atoms with Gasteiger partial charge in [-0.1, -0.05) is 18.2 Å². The molecule has 0 atom stereocenters. The van der Waals surface area contributed by atoms with Gasteiger partial charge in [0.15, 0.2) is 11.5 Å². The molecule has 2 amide bonds. The van der Waals surface area contributed by atoms with Crippen molar-refractivity contribution >= 4 is 34.5 Å². The number of carbonyl (C=O) groups is 2. The molecule has 0 radical (unpaired) electrons. The van der Waals surface area contributed by atoms with Crippen LogP contribution in [0.4, 0.5) is 0 Å². The number of ether oxygens (including phenoxy) is 2. The highest BCUT2D eigenvalue weighted by Gasteiger charge is 2.25. The number of fused-ring (bicyclic) bond motifs is 1. The quantitative estimate of drug-likeness (QED) is 0.461. The van der Waals surface area contributed by atoms with E-state index in [-0.39, 0.29) is 31.2 Å². The summed E-state index contributed by atoms with van der Waals surface area (Å²) in [6, 6.07) is 13.6. The van der Waals surface area contributed by atoms with Gasteiger partial charge in [0, 0.05) is 22.3 Å². The normalized spacial score (nSPS) is 12.2. The van der Waals surface area contributed by atoms with Crippen molar-refractivity contribution in [3.63, 3.8) is 0 Å². The van der Waals surface area contributed by atoms with Crippen molar-refractivity contribution in [1.29, 1.82) is 0 Å². The summed E-state index contributed by atoms with van der Waals surface area (Å²) >= 11 is 3.17. The van der Waals surface area contributed by atoms with Gasteiger partial charge < -0.3 is 19.3 Å². The average molecular weight is 471 g/mol. The van der Waals surface area contributed by atoms with Gasteiger partial charge in [-0.25, -0.2) is 0 Å². The van der Waals surface area contributed by atoms with Crippen molar-refractivity contribution in [2.45, 2.75) is 39.4 Å². The van der Waals surface area contributed by atoms with Gasteiger partial charge in [0.25, 0.3) is 0 Å². The summed E-state index contributed by atoms with van der Waals surface area (Å²) in [7, 11) is 0. The van der Waals surface area contributed by atoms with Crippen molar-refractivity contribution in [3.8, 4) is 11.5 Å². The predicted octanol–water partition coefficient (Wildman–Crippen LogP) is 4.55. The number of amides is 2. The zero-order chi connectivity index (χ0) is 22.5. The fourth-order valence-corrected chi connectivity index (χ4v) is 4.97. The summed E-state index contributed by atoms with van der Waals surface area (Å²) in [5.41, 5.74) is 0.958. The molecular formula is C24H26N2O4S2. The van der Waals surface area contributed by atoms with Crippen molar-refractivity contribution in [2.75, 3.05) is 13.3 Å². The molecule has 1 aliphatic rings. The lowest BCUT2D eigenvalue weighted by Gasteiger charge is -2.30. The second-order valence-corrected chi connectivity index (χ2v) is 9.95. The van der Waals surface area contributed by atoms with Crippen LogP contribution in [0.1, 0.15) is 29.2 Å². The third-order valence-corrected chi connectivity index (χ3v) is 6.98. The maximum Gasteiger partial charge on any atom is 0.242 e. The van der Waals surface area contributed by atoms with Crippen molar-refractivity contribution in [2.24, 2.45) is 0 Å². The number of thiophene rings is 2. The van der Waals surface area contributed by atoms with Gasteiger partial charge in [-0.2, -0.15) is 0 Å². The Bertz CT molecular complexity index is 1050. The molecule has 0 saturated carbocycles. The molecular weight excluding hydrogens is 444 g/mol. The fourth-order valence-electron chi connectivity index (χ4n) is 3.55. The van der Waals surface area contributed by atoms with Crippen LogP contribution < -0.4 is 9.47 Å². The second kappa shape index (κ2) is 10.2. The number of benzene rings is 1. The Morgan fingerprint density at radius 1 is 0.938 bits per heavy atom. The van der Waals surface area contributed by atoms with Crippen LogP contribution in [-0.2, 0) is 29.1 Å². The zero-order valence-corrected chi connectivity index (χ0v) is 19.8. The molecule has 0 unspecified atom stereocenters. The largest absolute Gasteiger partial charge is 0.454 e. The Labute approximate surface area is 196 Å². The van der Waals surface area contributed by atoms with E-state index in [2.05, 4.69) is 0 Å². The summed E-state index contributed by atoms with van der Waals surface area (Å²) in [4.78, 5) is 31.9. The molecule has 168 valence electrons. The zero-order valence-electron chi connectivity index (χ0n) is 18.2. The van der Waals surface area contributed by atoms with Crippen LogP contribution in [-0.4, -0.2) is 41.0 Å². The standard InChI is InChI=1S/C24H26N2O4S2/c1-17(2)26(23(27)12-19-5-3-9-31-19)15-24(28)25(14-20-6-4-10-32-20)13-18-7-8-21-22(11-18)30-16-29-21/h3-11,17H,12-16H2,1-2H3. The third-order valence-electron chi connectivity index (χ3n) is 5.24. The van der Waals surface area contributed by atoms with E-state index >= 15 is 0 Å². The molecule has 3 aromatic rings. The van der Waals surface area contributed by atoms with Gasteiger partial charge in [-0.15, -0.1) is 22.7 Å². The first-order valence-electron chi connectivity index (χ1n) is 10.5. The molecule has 0 bridgehead atoms. The highest BCUT2D eigenvalue weighted by Crippen LogP contribution is 2.33. The number of nitrogens with zero attached hydrogens (tertiary/aromatic N) is 2. The maximum absolute atomic E-state index is 13.4. The van der Waals surface area contributed by atoms with Crippen molar-refractivity contribution in [3.05, 3.63) is 68.5 Å². The molecule has 32 heavy (non-hydrogen) atoms.